The largest absolute Gasteiger partial charge is 0.496 e. The molecule has 1 heterocycles. The zero-order valence-electron chi connectivity index (χ0n) is 12.8. The second-order valence-corrected chi connectivity index (χ2v) is 5.29. The highest BCUT2D eigenvalue weighted by molar-refractivity contribution is 5.89. The van der Waals surface area contributed by atoms with Gasteiger partial charge >= 0.3 is 0 Å². The van der Waals surface area contributed by atoms with Gasteiger partial charge in [-0.3, -0.25) is 9.59 Å². The molecule has 21 heavy (non-hydrogen) atoms. The predicted molar refractivity (Wildman–Crippen MR) is 80.2 cm³/mol. The lowest BCUT2D eigenvalue weighted by atomic mass is 10.0. The number of hydrogen-bond acceptors (Lipinski definition) is 3. The molecule has 0 saturated carbocycles. The lowest BCUT2D eigenvalue weighted by Gasteiger charge is -2.34. The number of rotatable bonds is 4. The van der Waals surface area contributed by atoms with Crippen LogP contribution >= 0.6 is 0 Å². The van der Waals surface area contributed by atoms with Crippen LogP contribution in [0.25, 0.3) is 0 Å². The van der Waals surface area contributed by atoms with Crippen molar-refractivity contribution in [1.29, 1.82) is 0 Å². The summed E-state index contributed by atoms with van der Waals surface area (Å²) in [5.41, 5.74) is 1.95. The Morgan fingerprint density at radius 2 is 2.24 bits per heavy atom. The highest BCUT2D eigenvalue weighted by Gasteiger charge is 2.31. The number of aryl methyl sites for hydroxylation is 1. The number of hydrogen-bond donors (Lipinski definition) is 1. The summed E-state index contributed by atoms with van der Waals surface area (Å²) in [5, 5.41) is 2.81. The third-order valence-corrected chi connectivity index (χ3v) is 3.82. The zero-order chi connectivity index (χ0) is 15.4. The van der Waals surface area contributed by atoms with Gasteiger partial charge in [0.05, 0.1) is 13.5 Å². The maximum atomic E-state index is 12.6. The molecule has 1 N–H and O–H groups in total. The number of carbonyl (C=O) groups excluding carboxylic acids is 2. The topological polar surface area (TPSA) is 58.6 Å². The summed E-state index contributed by atoms with van der Waals surface area (Å²) in [6, 6.07) is 5.43. The van der Waals surface area contributed by atoms with E-state index >= 15 is 0 Å². The Balaban J connectivity index is 2.17. The average molecular weight is 290 g/mol. The zero-order valence-corrected chi connectivity index (χ0v) is 12.8. The van der Waals surface area contributed by atoms with Crippen molar-refractivity contribution in [2.24, 2.45) is 0 Å². The summed E-state index contributed by atoms with van der Waals surface area (Å²) in [6.45, 7) is 4.99. The Kier molecular flexibility index (Phi) is 4.83. The smallest absolute Gasteiger partial charge is 0.242 e. The summed E-state index contributed by atoms with van der Waals surface area (Å²) in [5.74, 6) is 0.623. The Hall–Kier alpha value is -2.04. The average Bonchev–Trinajstić information content (AvgIpc) is 2.47. The first kappa shape index (κ1) is 15.4. The third-order valence-electron chi connectivity index (χ3n) is 3.82. The molecule has 114 valence electrons. The van der Waals surface area contributed by atoms with Crippen LogP contribution in [0.1, 0.15) is 24.5 Å². The van der Waals surface area contributed by atoms with E-state index in [4.69, 9.17) is 4.74 Å². The molecule has 5 nitrogen and oxygen atoms in total. The van der Waals surface area contributed by atoms with Gasteiger partial charge < -0.3 is 15.0 Å². The summed E-state index contributed by atoms with van der Waals surface area (Å²) in [4.78, 5) is 26.1. The molecule has 0 radical (unpaired) electrons. The summed E-state index contributed by atoms with van der Waals surface area (Å²) in [7, 11) is 1.60. The number of amides is 2. The van der Waals surface area contributed by atoms with Crippen LogP contribution in [-0.2, 0) is 16.0 Å². The van der Waals surface area contributed by atoms with E-state index in [1.54, 1.807) is 12.0 Å². The Bertz CT molecular complexity index is 542. The van der Waals surface area contributed by atoms with Gasteiger partial charge in [-0.2, -0.15) is 0 Å². The number of piperazine rings is 1. The van der Waals surface area contributed by atoms with Gasteiger partial charge in [-0.1, -0.05) is 24.6 Å². The van der Waals surface area contributed by atoms with Crippen LogP contribution in [0.4, 0.5) is 0 Å². The van der Waals surface area contributed by atoms with Gasteiger partial charge in [-0.05, 0) is 19.4 Å². The van der Waals surface area contributed by atoms with Crippen molar-refractivity contribution in [3.8, 4) is 5.75 Å². The fourth-order valence-corrected chi connectivity index (χ4v) is 2.73. The van der Waals surface area contributed by atoms with Gasteiger partial charge in [0.25, 0.3) is 0 Å². The number of nitrogens with zero attached hydrogens (tertiary/aromatic N) is 1. The molecule has 1 aliphatic rings. The van der Waals surface area contributed by atoms with E-state index in [1.807, 2.05) is 32.0 Å². The minimum Gasteiger partial charge on any atom is -0.496 e. The van der Waals surface area contributed by atoms with Crippen molar-refractivity contribution in [2.75, 3.05) is 20.2 Å². The van der Waals surface area contributed by atoms with Crippen molar-refractivity contribution in [3.05, 3.63) is 29.3 Å². The molecule has 1 unspecified atom stereocenters. The summed E-state index contributed by atoms with van der Waals surface area (Å²) >= 11 is 0. The summed E-state index contributed by atoms with van der Waals surface area (Å²) in [6.07, 6.45) is 0.886. The Labute approximate surface area is 125 Å². The van der Waals surface area contributed by atoms with Crippen molar-refractivity contribution in [3.63, 3.8) is 0 Å². The van der Waals surface area contributed by atoms with Gasteiger partial charge in [0.15, 0.2) is 0 Å². The normalized spacial score (nSPS) is 18.3. The van der Waals surface area contributed by atoms with Crippen LogP contribution in [0.5, 0.6) is 5.75 Å². The second-order valence-electron chi connectivity index (χ2n) is 5.29. The molecule has 2 rings (SSSR count). The van der Waals surface area contributed by atoms with Gasteiger partial charge in [-0.25, -0.2) is 0 Å². The van der Waals surface area contributed by atoms with Crippen molar-refractivity contribution in [1.82, 2.24) is 10.2 Å². The lowest BCUT2D eigenvalue weighted by molar-refractivity contribution is -0.142. The van der Waals surface area contributed by atoms with Gasteiger partial charge in [0, 0.05) is 18.7 Å². The first-order valence-electron chi connectivity index (χ1n) is 7.27. The number of methoxy groups -OCH3 is 1. The SMILES string of the molecule is CCC1C(=O)NCCN1C(=O)Cc1cc(C)ccc1OC. The molecule has 5 heteroatoms. The van der Waals surface area contributed by atoms with Crippen molar-refractivity contribution >= 4 is 11.8 Å². The van der Waals surface area contributed by atoms with E-state index < -0.39 is 0 Å². The molecular formula is C16H22N2O3. The first-order valence-corrected chi connectivity index (χ1v) is 7.27. The standard InChI is InChI=1S/C16H22N2O3/c1-4-13-16(20)17-7-8-18(13)15(19)10-12-9-11(2)5-6-14(12)21-3/h5-6,9,13H,4,7-8,10H2,1-3H3,(H,17,20). The molecule has 1 saturated heterocycles. The minimum absolute atomic E-state index is 0.0272. The highest BCUT2D eigenvalue weighted by atomic mass is 16.5. The van der Waals surface area contributed by atoms with E-state index in [-0.39, 0.29) is 24.3 Å². The maximum Gasteiger partial charge on any atom is 0.242 e. The van der Waals surface area contributed by atoms with Crippen LogP contribution in [0.3, 0.4) is 0 Å². The maximum absolute atomic E-state index is 12.6. The van der Waals surface area contributed by atoms with Crippen LogP contribution in [0, 0.1) is 6.92 Å². The van der Waals surface area contributed by atoms with Crippen LogP contribution < -0.4 is 10.1 Å². The van der Waals surface area contributed by atoms with Gasteiger partial charge in [0.2, 0.25) is 11.8 Å². The molecular weight excluding hydrogens is 268 g/mol. The fraction of sp³-hybridized carbons (Fsp3) is 0.500. The molecule has 0 aromatic heterocycles. The second kappa shape index (κ2) is 6.61. The molecule has 0 spiro atoms. The summed E-state index contributed by atoms with van der Waals surface area (Å²) < 4.78 is 5.31. The number of ether oxygens (including phenoxy) is 1. The Morgan fingerprint density at radius 3 is 2.90 bits per heavy atom. The number of benzene rings is 1. The van der Waals surface area contributed by atoms with Crippen LogP contribution in [0.15, 0.2) is 18.2 Å². The number of nitrogens with one attached hydrogen (secondary N) is 1. The van der Waals surface area contributed by atoms with E-state index in [0.29, 0.717) is 25.3 Å². The molecule has 0 bridgehead atoms. The molecule has 0 aliphatic carbocycles. The fourth-order valence-electron chi connectivity index (χ4n) is 2.73. The van der Waals surface area contributed by atoms with Gasteiger partial charge in [0.1, 0.15) is 11.8 Å². The van der Waals surface area contributed by atoms with Crippen LogP contribution in [0.2, 0.25) is 0 Å². The molecule has 1 fully saturated rings. The molecule has 1 aromatic carbocycles. The van der Waals surface area contributed by atoms with E-state index in [2.05, 4.69) is 5.32 Å². The molecule has 1 aromatic rings. The predicted octanol–water partition coefficient (Wildman–Crippen LogP) is 1.28. The Morgan fingerprint density at radius 1 is 1.48 bits per heavy atom. The van der Waals surface area contributed by atoms with E-state index in [1.165, 1.54) is 0 Å². The molecule has 1 aliphatic heterocycles. The van der Waals surface area contributed by atoms with E-state index in [0.717, 1.165) is 11.1 Å². The quantitative estimate of drug-likeness (QED) is 0.909. The van der Waals surface area contributed by atoms with Gasteiger partial charge in [-0.15, -0.1) is 0 Å². The van der Waals surface area contributed by atoms with Crippen molar-refractivity contribution in [2.45, 2.75) is 32.7 Å². The van der Waals surface area contributed by atoms with E-state index in [9.17, 15) is 9.59 Å². The highest BCUT2D eigenvalue weighted by Crippen LogP contribution is 2.21. The number of carbonyl (C=O) groups is 2. The van der Waals surface area contributed by atoms with Crippen LogP contribution in [-0.4, -0.2) is 43.0 Å². The van der Waals surface area contributed by atoms with Crippen molar-refractivity contribution < 1.29 is 14.3 Å². The minimum atomic E-state index is -0.359. The monoisotopic (exact) mass is 290 g/mol. The molecule has 1 atom stereocenters. The lowest BCUT2D eigenvalue weighted by Crippen LogP contribution is -2.57. The molecule has 2 amide bonds. The first-order chi connectivity index (χ1) is 10.1. The third kappa shape index (κ3) is 3.35.